The summed E-state index contributed by atoms with van der Waals surface area (Å²) in [6, 6.07) is 11.5. The summed E-state index contributed by atoms with van der Waals surface area (Å²) >= 11 is 9.25. The first-order valence-corrected chi connectivity index (χ1v) is 12.3. The van der Waals surface area contributed by atoms with Gasteiger partial charge in [-0.25, -0.2) is 9.78 Å². The fraction of sp³-hybridized carbons (Fsp3) is 0.261. The lowest BCUT2D eigenvalue weighted by atomic mass is 9.94. The summed E-state index contributed by atoms with van der Waals surface area (Å²) in [7, 11) is 0. The maximum Gasteiger partial charge on any atom is 0.352 e. The Morgan fingerprint density at radius 3 is 2.78 bits per heavy atom. The van der Waals surface area contributed by atoms with E-state index in [-0.39, 0.29) is 11.3 Å². The van der Waals surface area contributed by atoms with Crippen LogP contribution in [0.3, 0.4) is 0 Å². The quantitative estimate of drug-likeness (QED) is 0.346. The van der Waals surface area contributed by atoms with Gasteiger partial charge in [0.05, 0.1) is 29.0 Å². The molecule has 6 rings (SSSR count). The van der Waals surface area contributed by atoms with E-state index in [1.54, 1.807) is 27.2 Å². The minimum absolute atomic E-state index is 0.198. The molecule has 6 nitrogen and oxygen atoms in total. The minimum Gasteiger partial charge on any atom is -0.370 e. The molecule has 0 aliphatic carbocycles. The summed E-state index contributed by atoms with van der Waals surface area (Å²) in [4.78, 5) is 21.4. The third-order valence-electron chi connectivity index (χ3n) is 5.75. The number of rotatable bonds is 3. The third-order valence-corrected chi connectivity index (χ3v) is 8.10. The zero-order chi connectivity index (χ0) is 22.0. The average molecular weight is 483 g/mol. The second-order valence-corrected chi connectivity index (χ2v) is 11.0. The van der Waals surface area contributed by atoms with E-state index < -0.39 is 0 Å². The number of ether oxygens (including phenoxy) is 1. The largest absolute Gasteiger partial charge is 0.370 e. The van der Waals surface area contributed by atoms with Crippen molar-refractivity contribution in [2.45, 2.75) is 39.0 Å². The second-order valence-electron chi connectivity index (χ2n) is 8.55. The van der Waals surface area contributed by atoms with Crippen molar-refractivity contribution in [2.75, 3.05) is 0 Å². The molecule has 0 fully saturated rings. The molecule has 9 heteroatoms. The van der Waals surface area contributed by atoms with Crippen LogP contribution < -0.4 is 5.69 Å². The van der Waals surface area contributed by atoms with Gasteiger partial charge in [-0.1, -0.05) is 29.8 Å². The number of aromatic nitrogens is 4. The maximum absolute atomic E-state index is 13.6. The molecule has 0 saturated heterocycles. The smallest absolute Gasteiger partial charge is 0.352 e. The highest BCUT2D eigenvalue weighted by Gasteiger charge is 2.32. The summed E-state index contributed by atoms with van der Waals surface area (Å²) in [5, 5.41) is 8.28. The molecule has 0 spiro atoms. The van der Waals surface area contributed by atoms with Crippen molar-refractivity contribution in [1.82, 2.24) is 19.2 Å². The van der Waals surface area contributed by atoms with Gasteiger partial charge in [0, 0.05) is 16.3 Å². The van der Waals surface area contributed by atoms with Crippen molar-refractivity contribution in [2.24, 2.45) is 0 Å². The Hall–Kier alpha value is -2.52. The van der Waals surface area contributed by atoms with Crippen molar-refractivity contribution in [1.29, 1.82) is 0 Å². The van der Waals surface area contributed by atoms with E-state index in [1.165, 1.54) is 10.1 Å². The number of benzene rings is 1. The highest BCUT2D eigenvalue weighted by Crippen LogP contribution is 2.40. The Balaban J connectivity index is 1.66. The highest BCUT2D eigenvalue weighted by molar-refractivity contribution is 7.19. The van der Waals surface area contributed by atoms with E-state index in [0.717, 1.165) is 32.0 Å². The number of fused-ring (bicyclic) bond motifs is 5. The molecule has 0 bridgehead atoms. The predicted octanol–water partition coefficient (Wildman–Crippen LogP) is 5.39. The fourth-order valence-corrected chi connectivity index (χ4v) is 6.19. The van der Waals surface area contributed by atoms with E-state index in [2.05, 4.69) is 18.9 Å². The van der Waals surface area contributed by atoms with Crippen LogP contribution in [0.15, 0.2) is 46.6 Å². The van der Waals surface area contributed by atoms with Crippen LogP contribution in [0.4, 0.5) is 0 Å². The maximum atomic E-state index is 13.6. The van der Waals surface area contributed by atoms with Gasteiger partial charge in [0.25, 0.3) is 0 Å². The van der Waals surface area contributed by atoms with Crippen LogP contribution >= 0.6 is 34.3 Å². The van der Waals surface area contributed by atoms with Gasteiger partial charge in [-0.05, 0) is 48.6 Å². The minimum atomic E-state index is -0.272. The summed E-state index contributed by atoms with van der Waals surface area (Å²) in [6.07, 6.45) is 0.762. The molecular formula is C23H19ClN4O2S2. The Kier molecular flexibility index (Phi) is 4.55. The molecule has 0 amide bonds. The first-order chi connectivity index (χ1) is 15.4. The monoisotopic (exact) mass is 482 g/mol. The van der Waals surface area contributed by atoms with E-state index >= 15 is 0 Å². The first kappa shape index (κ1) is 20.1. The summed E-state index contributed by atoms with van der Waals surface area (Å²) in [5.74, 6) is 0.578. The van der Waals surface area contributed by atoms with E-state index in [9.17, 15) is 4.79 Å². The number of thiophene rings is 2. The predicted molar refractivity (Wildman–Crippen MR) is 129 cm³/mol. The lowest BCUT2D eigenvalue weighted by Crippen LogP contribution is -2.31. The van der Waals surface area contributed by atoms with Crippen LogP contribution in [0, 0.1) is 0 Å². The number of hydrogen-bond donors (Lipinski definition) is 0. The van der Waals surface area contributed by atoms with E-state index in [0.29, 0.717) is 29.6 Å². The Morgan fingerprint density at radius 1 is 1.22 bits per heavy atom. The Bertz CT molecular complexity index is 1530. The molecule has 1 aliphatic heterocycles. The number of hydrogen-bond acceptors (Lipinski definition) is 6. The Morgan fingerprint density at radius 2 is 2.03 bits per heavy atom. The molecule has 4 aromatic heterocycles. The molecule has 1 aliphatic rings. The normalized spacial score (nSPS) is 15.5. The Labute approximate surface area is 196 Å². The molecule has 0 atom stereocenters. The van der Waals surface area contributed by atoms with Gasteiger partial charge in [-0.2, -0.15) is 4.52 Å². The highest BCUT2D eigenvalue weighted by atomic mass is 35.5. The second kappa shape index (κ2) is 7.25. The van der Waals surface area contributed by atoms with Gasteiger partial charge in [0.2, 0.25) is 0 Å². The molecule has 1 aromatic carbocycles. The molecular weight excluding hydrogens is 464 g/mol. The van der Waals surface area contributed by atoms with Gasteiger partial charge >= 0.3 is 5.69 Å². The summed E-state index contributed by atoms with van der Waals surface area (Å²) in [5.41, 5.74) is 2.36. The lowest BCUT2D eigenvalue weighted by molar-refractivity contribution is -0.0379. The van der Waals surface area contributed by atoms with Crippen LogP contribution in [-0.4, -0.2) is 24.8 Å². The molecule has 0 unspecified atom stereocenters. The molecule has 0 radical (unpaired) electrons. The van der Waals surface area contributed by atoms with Gasteiger partial charge in [0.1, 0.15) is 4.83 Å². The summed E-state index contributed by atoms with van der Waals surface area (Å²) < 4.78 is 9.33. The molecule has 162 valence electrons. The van der Waals surface area contributed by atoms with E-state index in [1.807, 2.05) is 41.8 Å². The topological polar surface area (TPSA) is 61.4 Å². The molecule has 0 saturated carbocycles. The van der Waals surface area contributed by atoms with Crippen molar-refractivity contribution in [3.63, 3.8) is 0 Å². The third kappa shape index (κ3) is 3.21. The van der Waals surface area contributed by atoms with Gasteiger partial charge in [0.15, 0.2) is 11.5 Å². The van der Waals surface area contributed by atoms with Crippen LogP contribution in [0.25, 0.3) is 26.6 Å². The fourth-order valence-electron chi connectivity index (χ4n) is 4.19. The van der Waals surface area contributed by atoms with Gasteiger partial charge in [-0.3, -0.25) is 4.57 Å². The van der Waals surface area contributed by atoms with Crippen LogP contribution in [0.5, 0.6) is 0 Å². The summed E-state index contributed by atoms with van der Waals surface area (Å²) in [6.45, 7) is 5.16. The average Bonchev–Trinajstić information content (AvgIpc) is 3.49. The molecule has 5 heterocycles. The lowest BCUT2D eigenvalue weighted by Gasteiger charge is -2.30. The molecule has 0 N–H and O–H groups in total. The van der Waals surface area contributed by atoms with Crippen LogP contribution in [0.1, 0.15) is 29.9 Å². The van der Waals surface area contributed by atoms with Crippen molar-refractivity contribution in [3.05, 3.63) is 73.3 Å². The van der Waals surface area contributed by atoms with Crippen molar-refractivity contribution >= 4 is 50.1 Å². The molecule has 32 heavy (non-hydrogen) atoms. The van der Waals surface area contributed by atoms with Gasteiger partial charge < -0.3 is 4.74 Å². The zero-order valence-corrected chi connectivity index (χ0v) is 19.9. The van der Waals surface area contributed by atoms with Crippen LogP contribution in [-0.2, 0) is 24.3 Å². The number of nitrogens with zero attached hydrogens (tertiary/aromatic N) is 4. The zero-order valence-electron chi connectivity index (χ0n) is 17.5. The van der Waals surface area contributed by atoms with E-state index in [4.69, 9.17) is 21.3 Å². The van der Waals surface area contributed by atoms with Crippen LogP contribution in [0.2, 0.25) is 5.02 Å². The van der Waals surface area contributed by atoms with Crippen molar-refractivity contribution < 1.29 is 4.74 Å². The number of halogens is 1. The SMILES string of the molecule is CC1(C)Cc2c(sc3c2c2nc(-c4cccs4)nn2c(=O)n3Cc2ccc(Cl)cc2)CO1. The standard InChI is InChI=1S/C23H19ClN4O2S2/c1-23(2)10-15-17(12-30-23)32-21-18(15)20-25-19(16-4-3-9-31-16)26-28(20)22(29)27(21)11-13-5-7-14(24)8-6-13/h3-9H,10-12H2,1-2H3. The molecule has 5 aromatic rings. The van der Waals surface area contributed by atoms with Gasteiger partial charge in [-0.15, -0.1) is 27.8 Å². The first-order valence-electron chi connectivity index (χ1n) is 10.3. The van der Waals surface area contributed by atoms with Crippen molar-refractivity contribution in [3.8, 4) is 10.7 Å².